The molecule has 0 aliphatic heterocycles. The predicted octanol–water partition coefficient (Wildman–Crippen LogP) is 0.762. The average Bonchev–Trinajstić information content (AvgIpc) is 3.02. The van der Waals surface area contributed by atoms with Crippen LogP contribution in [0.4, 0.5) is 0 Å². The Morgan fingerprint density at radius 1 is 0.787 bits per heavy atom. The van der Waals surface area contributed by atoms with E-state index in [4.69, 9.17) is 5.73 Å². The quantitative estimate of drug-likeness (QED) is 0.0998. The van der Waals surface area contributed by atoms with Crippen LogP contribution in [0.5, 0.6) is 0 Å². The van der Waals surface area contributed by atoms with E-state index in [0.717, 1.165) is 0 Å². The number of carbonyl (C=O) groups excluding carboxylic acids is 6. The molecule has 8 N–H and O–H groups in total. The van der Waals surface area contributed by atoms with E-state index in [2.05, 4.69) is 36.9 Å². The van der Waals surface area contributed by atoms with E-state index in [1.807, 2.05) is 41.5 Å². The van der Waals surface area contributed by atoms with Gasteiger partial charge in [0.2, 0.25) is 29.5 Å². The molecule has 14 heteroatoms. The minimum absolute atomic E-state index is 0.0461. The number of likely N-dealkylation sites (N-methyl/N-ethyl adjacent to an activating group) is 1. The molecule has 14 nitrogen and oxygen atoms in total. The van der Waals surface area contributed by atoms with Crippen LogP contribution < -0.4 is 37.6 Å². The maximum absolute atomic E-state index is 13.6. The summed E-state index contributed by atoms with van der Waals surface area (Å²) in [6.45, 7) is 15.5. The fourth-order valence-electron chi connectivity index (χ4n) is 4.82. The number of amides is 6. The van der Waals surface area contributed by atoms with Gasteiger partial charge in [0, 0.05) is 43.5 Å². The Morgan fingerprint density at radius 3 is 1.96 bits per heavy atom. The van der Waals surface area contributed by atoms with Crippen LogP contribution in [0, 0.1) is 17.8 Å². The van der Waals surface area contributed by atoms with Crippen molar-refractivity contribution in [3.05, 3.63) is 30.1 Å². The molecule has 0 saturated heterocycles. The van der Waals surface area contributed by atoms with Crippen LogP contribution in [0.3, 0.4) is 0 Å². The zero-order valence-corrected chi connectivity index (χ0v) is 29.1. The maximum atomic E-state index is 13.6. The number of carbonyl (C=O) groups is 6. The number of nitrogens with zero attached hydrogens (tertiary/aromatic N) is 1. The minimum Gasteiger partial charge on any atom is -0.370 e. The molecule has 0 aliphatic rings. The van der Waals surface area contributed by atoms with E-state index in [1.54, 1.807) is 13.8 Å². The molecule has 0 bridgehead atoms. The van der Waals surface area contributed by atoms with Crippen molar-refractivity contribution in [3.63, 3.8) is 0 Å². The number of rotatable bonds is 21. The van der Waals surface area contributed by atoms with Crippen LogP contribution in [0.1, 0.15) is 91.4 Å². The molecule has 0 aromatic carbocycles. The molecule has 264 valence electrons. The van der Waals surface area contributed by atoms with Gasteiger partial charge in [-0.2, -0.15) is 0 Å². The zero-order chi connectivity index (χ0) is 35.7. The molecule has 0 saturated carbocycles. The SMILES string of the molecule is CCNC(=O)C(NC(=O)[C@H](C)NCC(CC(C)C)NC(=O)[C@H](CCC(N)=O)NC(=O)C(NC(=O)c1ccncc1)[C@@H](C)CC)C(C)C. The van der Waals surface area contributed by atoms with Gasteiger partial charge in [0.05, 0.1) is 6.04 Å². The first-order valence-corrected chi connectivity index (χ1v) is 16.5. The molecule has 47 heavy (non-hydrogen) atoms. The Balaban J connectivity index is 3.06. The number of aromatic nitrogens is 1. The van der Waals surface area contributed by atoms with Crippen LogP contribution in [0.2, 0.25) is 0 Å². The van der Waals surface area contributed by atoms with Gasteiger partial charge in [-0.3, -0.25) is 33.8 Å². The Kier molecular flexibility index (Phi) is 18.2. The largest absolute Gasteiger partial charge is 0.370 e. The molecular formula is C33H56N8O6. The van der Waals surface area contributed by atoms with Crippen molar-refractivity contribution in [2.75, 3.05) is 13.1 Å². The second-order valence-corrected chi connectivity index (χ2v) is 12.7. The normalized spacial score (nSPS) is 15.0. The van der Waals surface area contributed by atoms with Crippen molar-refractivity contribution in [1.82, 2.24) is 36.9 Å². The molecule has 1 aromatic heterocycles. The molecule has 3 unspecified atom stereocenters. The highest BCUT2D eigenvalue weighted by Crippen LogP contribution is 2.12. The van der Waals surface area contributed by atoms with E-state index >= 15 is 0 Å². The summed E-state index contributed by atoms with van der Waals surface area (Å²) >= 11 is 0. The van der Waals surface area contributed by atoms with Crippen LogP contribution in [-0.2, 0) is 24.0 Å². The number of nitrogens with two attached hydrogens (primary N) is 1. The summed E-state index contributed by atoms with van der Waals surface area (Å²) in [5.74, 6) is -3.02. The molecular weight excluding hydrogens is 604 g/mol. The second kappa shape index (κ2) is 20.9. The summed E-state index contributed by atoms with van der Waals surface area (Å²) in [4.78, 5) is 80.9. The summed E-state index contributed by atoms with van der Waals surface area (Å²) in [5, 5.41) is 17.1. The van der Waals surface area contributed by atoms with Crippen LogP contribution in [0.15, 0.2) is 24.5 Å². The topological polar surface area (TPSA) is 214 Å². The number of hydrogen-bond acceptors (Lipinski definition) is 8. The minimum atomic E-state index is -1.11. The van der Waals surface area contributed by atoms with Crippen molar-refractivity contribution in [2.45, 2.75) is 111 Å². The number of hydrogen-bond donors (Lipinski definition) is 7. The fourth-order valence-corrected chi connectivity index (χ4v) is 4.82. The Hall–Kier alpha value is -4.07. The highest BCUT2D eigenvalue weighted by Gasteiger charge is 2.32. The zero-order valence-electron chi connectivity index (χ0n) is 29.1. The fraction of sp³-hybridized carbons (Fsp3) is 0.667. The van der Waals surface area contributed by atoms with Gasteiger partial charge in [0.15, 0.2) is 0 Å². The molecule has 6 atom stereocenters. The Morgan fingerprint density at radius 2 is 1.43 bits per heavy atom. The van der Waals surface area contributed by atoms with Gasteiger partial charge >= 0.3 is 0 Å². The highest BCUT2D eigenvalue weighted by atomic mass is 16.2. The summed E-state index contributed by atoms with van der Waals surface area (Å²) in [6, 6.07) is -0.812. The van der Waals surface area contributed by atoms with Crippen molar-refractivity contribution in [3.8, 4) is 0 Å². The van der Waals surface area contributed by atoms with Gasteiger partial charge in [0.25, 0.3) is 5.91 Å². The third-order valence-corrected chi connectivity index (χ3v) is 7.80. The molecule has 0 fully saturated rings. The summed E-state index contributed by atoms with van der Waals surface area (Å²) in [7, 11) is 0. The summed E-state index contributed by atoms with van der Waals surface area (Å²) in [5.41, 5.74) is 5.71. The second-order valence-electron chi connectivity index (χ2n) is 12.7. The van der Waals surface area contributed by atoms with E-state index in [0.29, 0.717) is 24.9 Å². The lowest BCUT2D eigenvalue weighted by molar-refractivity contribution is -0.131. The van der Waals surface area contributed by atoms with Crippen LogP contribution >= 0.6 is 0 Å². The highest BCUT2D eigenvalue weighted by molar-refractivity contribution is 5.98. The van der Waals surface area contributed by atoms with Crippen LogP contribution in [0.25, 0.3) is 0 Å². The van der Waals surface area contributed by atoms with Gasteiger partial charge in [-0.25, -0.2) is 0 Å². The van der Waals surface area contributed by atoms with E-state index < -0.39 is 53.8 Å². The van der Waals surface area contributed by atoms with Crippen molar-refractivity contribution < 1.29 is 28.8 Å². The van der Waals surface area contributed by atoms with E-state index in [-0.39, 0.29) is 49.0 Å². The number of nitrogens with one attached hydrogen (secondary N) is 6. The lowest BCUT2D eigenvalue weighted by Gasteiger charge is -2.29. The molecule has 1 heterocycles. The van der Waals surface area contributed by atoms with E-state index in [1.165, 1.54) is 24.5 Å². The third kappa shape index (κ3) is 14.9. The first-order valence-electron chi connectivity index (χ1n) is 16.5. The first kappa shape index (κ1) is 41.0. The predicted molar refractivity (Wildman–Crippen MR) is 180 cm³/mol. The standard InChI is InChI=1S/C33H56N8O6/c1-9-21(7)28(41-30(44)23-13-15-35-16-14-23)33(47)39-25(11-12-26(34)42)31(45)38-24(17-19(3)4)18-37-22(8)29(43)40-27(20(5)6)32(46)36-10-2/h13-16,19-22,24-25,27-28,37H,9-12,17-18H2,1-8H3,(H2,34,42)(H,36,46)(H,38,45)(H,39,47)(H,40,43)(H,41,44)/t21-,22-,24?,25-,27?,28?/m0/s1. The van der Waals surface area contributed by atoms with Crippen molar-refractivity contribution in [1.29, 1.82) is 0 Å². The van der Waals surface area contributed by atoms with Crippen molar-refractivity contribution in [2.24, 2.45) is 23.5 Å². The lowest BCUT2D eigenvalue weighted by atomic mass is 9.97. The molecule has 1 aromatic rings. The van der Waals surface area contributed by atoms with Gasteiger partial charge in [-0.15, -0.1) is 0 Å². The molecule has 6 amide bonds. The van der Waals surface area contributed by atoms with Gasteiger partial charge in [0.1, 0.15) is 18.1 Å². The van der Waals surface area contributed by atoms with Gasteiger partial charge in [-0.1, -0.05) is 48.0 Å². The summed E-state index contributed by atoms with van der Waals surface area (Å²) in [6.07, 6.45) is 3.87. The number of pyridine rings is 1. The van der Waals surface area contributed by atoms with Gasteiger partial charge < -0.3 is 37.6 Å². The molecule has 1 rings (SSSR count). The third-order valence-electron chi connectivity index (χ3n) is 7.80. The summed E-state index contributed by atoms with van der Waals surface area (Å²) < 4.78 is 0. The smallest absolute Gasteiger partial charge is 0.252 e. The Bertz CT molecular complexity index is 1180. The van der Waals surface area contributed by atoms with Gasteiger partial charge in [-0.05, 0) is 56.6 Å². The monoisotopic (exact) mass is 660 g/mol. The first-order chi connectivity index (χ1) is 22.1. The van der Waals surface area contributed by atoms with Crippen molar-refractivity contribution >= 4 is 35.4 Å². The molecule has 0 radical (unpaired) electrons. The number of primary amides is 1. The lowest BCUT2D eigenvalue weighted by Crippen LogP contribution is -2.58. The van der Waals surface area contributed by atoms with Crippen LogP contribution in [-0.4, -0.2) is 83.7 Å². The average molecular weight is 661 g/mol. The molecule has 0 spiro atoms. The Labute approximate surface area is 278 Å². The molecule has 0 aliphatic carbocycles. The van der Waals surface area contributed by atoms with E-state index in [9.17, 15) is 28.8 Å². The maximum Gasteiger partial charge on any atom is 0.252 e.